The summed E-state index contributed by atoms with van der Waals surface area (Å²) in [6.07, 6.45) is 7.35. The quantitative estimate of drug-likeness (QED) is 0.745. The van der Waals surface area contributed by atoms with Crippen LogP contribution in [0.1, 0.15) is 39.0 Å². The molecular formula is C13H24N2. The normalized spacial score (nSPS) is 43.4. The van der Waals surface area contributed by atoms with Crippen LogP contribution in [0.5, 0.6) is 0 Å². The van der Waals surface area contributed by atoms with Crippen LogP contribution < -0.4 is 5.32 Å². The van der Waals surface area contributed by atoms with Gasteiger partial charge in [-0.3, -0.25) is 4.90 Å². The minimum absolute atomic E-state index is 0.859. The van der Waals surface area contributed by atoms with E-state index in [0.29, 0.717) is 0 Å². The number of piperidine rings is 1. The van der Waals surface area contributed by atoms with Crippen molar-refractivity contribution >= 4 is 0 Å². The van der Waals surface area contributed by atoms with Crippen LogP contribution in [0.4, 0.5) is 0 Å². The predicted octanol–water partition coefficient (Wildman–Crippen LogP) is 1.86. The van der Waals surface area contributed by atoms with E-state index in [4.69, 9.17) is 0 Å². The molecule has 3 rings (SSSR count). The number of likely N-dealkylation sites (tertiary alicyclic amines) is 1. The molecular weight excluding hydrogens is 184 g/mol. The Morgan fingerprint density at radius 2 is 1.93 bits per heavy atom. The smallest absolute Gasteiger partial charge is 0.0148 e. The molecule has 0 radical (unpaired) electrons. The van der Waals surface area contributed by atoms with Crippen molar-refractivity contribution in [3.05, 3.63) is 0 Å². The van der Waals surface area contributed by atoms with E-state index in [2.05, 4.69) is 17.1 Å². The van der Waals surface area contributed by atoms with E-state index in [1.54, 1.807) is 0 Å². The predicted molar refractivity (Wildman–Crippen MR) is 62.9 cm³/mol. The average molecular weight is 208 g/mol. The number of hydrogen-bond acceptors (Lipinski definition) is 2. The van der Waals surface area contributed by atoms with Gasteiger partial charge in [-0.05, 0) is 63.6 Å². The molecule has 3 aliphatic rings. The Morgan fingerprint density at radius 3 is 2.67 bits per heavy atom. The van der Waals surface area contributed by atoms with Crippen LogP contribution >= 0.6 is 0 Å². The Balaban J connectivity index is 1.68. The second-order valence-corrected chi connectivity index (χ2v) is 5.82. The summed E-state index contributed by atoms with van der Waals surface area (Å²) in [6, 6.07) is 1.86. The standard InChI is InChI=1S/C13H24N2/c1-10-9-14-7-6-12(10)15-8-2-3-13(15)11-4-5-11/h10-14H,2-9H2,1H3/t10?,12?,13-/m0/s1. The molecule has 1 N–H and O–H groups in total. The fraction of sp³-hybridized carbons (Fsp3) is 1.00. The third-order valence-electron chi connectivity index (χ3n) is 4.67. The molecule has 1 aliphatic carbocycles. The van der Waals surface area contributed by atoms with Gasteiger partial charge in [0.05, 0.1) is 0 Å². The van der Waals surface area contributed by atoms with Crippen molar-refractivity contribution in [1.29, 1.82) is 0 Å². The second kappa shape index (κ2) is 4.06. The zero-order valence-corrected chi connectivity index (χ0v) is 9.91. The largest absolute Gasteiger partial charge is 0.316 e. The summed E-state index contributed by atoms with van der Waals surface area (Å²) in [5.41, 5.74) is 0. The zero-order valence-electron chi connectivity index (χ0n) is 9.91. The fourth-order valence-electron chi connectivity index (χ4n) is 3.71. The first-order valence-corrected chi connectivity index (χ1v) is 6.82. The van der Waals surface area contributed by atoms with Crippen LogP contribution in [0.2, 0.25) is 0 Å². The minimum atomic E-state index is 0.859. The lowest BCUT2D eigenvalue weighted by Crippen LogP contribution is -2.50. The summed E-state index contributed by atoms with van der Waals surface area (Å²) >= 11 is 0. The molecule has 0 aromatic rings. The maximum atomic E-state index is 3.52. The molecule has 3 atom stereocenters. The maximum Gasteiger partial charge on any atom is 0.0148 e. The van der Waals surface area contributed by atoms with E-state index in [0.717, 1.165) is 23.9 Å². The van der Waals surface area contributed by atoms with Crippen LogP contribution in [-0.4, -0.2) is 36.6 Å². The summed E-state index contributed by atoms with van der Waals surface area (Å²) in [5.74, 6) is 1.94. The van der Waals surface area contributed by atoms with Crippen LogP contribution in [-0.2, 0) is 0 Å². The van der Waals surface area contributed by atoms with Gasteiger partial charge < -0.3 is 5.32 Å². The lowest BCUT2D eigenvalue weighted by atomic mass is 9.92. The number of nitrogens with one attached hydrogen (secondary N) is 1. The second-order valence-electron chi connectivity index (χ2n) is 5.82. The fourth-order valence-corrected chi connectivity index (χ4v) is 3.71. The lowest BCUT2D eigenvalue weighted by molar-refractivity contribution is 0.0979. The lowest BCUT2D eigenvalue weighted by Gasteiger charge is -2.40. The summed E-state index contributed by atoms with van der Waals surface area (Å²) in [7, 11) is 0. The SMILES string of the molecule is CC1CNCCC1N1CCC[C@H]1C1CC1. The van der Waals surface area contributed by atoms with Gasteiger partial charge in [0.1, 0.15) is 0 Å². The number of hydrogen-bond donors (Lipinski definition) is 1. The van der Waals surface area contributed by atoms with Gasteiger partial charge in [-0.15, -0.1) is 0 Å². The molecule has 2 nitrogen and oxygen atoms in total. The van der Waals surface area contributed by atoms with E-state index in [1.165, 1.54) is 51.7 Å². The first-order chi connectivity index (χ1) is 7.36. The molecule has 1 saturated carbocycles. The molecule has 2 saturated heterocycles. The highest BCUT2D eigenvalue weighted by Crippen LogP contribution is 2.42. The molecule has 2 aliphatic heterocycles. The van der Waals surface area contributed by atoms with Crippen molar-refractivity contribution < 1.29 is 0 Å². The molecule has 0 aromatic carbocycles. The Kier molecular flexibility index (Phi) is 2.73. The highest BCUT2D eigenvalue weighted by molar-refractivity contribution is 4.96. The third-order valence-corrected chi connectivity index (χ3v) is 4.67. The van der Waals surface area contributed by atoms with Crippen molar-refractivity contribution in [1.82, 2.24) is 10.2 Å². The molecule has 0 spiro atoms. The van der Waals surface area contributed by atoms with E-state index in [9.17, 15) is 0 Å². The van der Waals surface area contributed by atoms with Crippen LogP contribution in [0.3, 0.4) is 0 Å². The molecule has 86 valence electrons. The van der Waals surface area contributed by atoms with Gasteiger partial charge in [0.25, 0.3) is 0 Å². The number of rotatable bonds is 2. The molecule has 3 fully saturated rings. The summed E-state index contributed by atoms with van der Waals surface area (Å²) in [6.45, 7) is 6.29. The van der Waals surface area contributed by atoms with Gasteiger partial charge in [-0.1, -0.05) is 6.92 Å². The van der Waals surface area contributed by atoms with Crippen molar-refractivity contribution in [2.75, 3.05) is 19.6 Å². The Labute approximate surface area is 93.4 Å². The molecule has 0 aromatic heterocycles. The average Bonchev–Trinajstić information content (AvgIpc) is 2.98. The molecule has 2 heterocycles. The van der Waals surface area contributed by atoms with Crippen molar-refractivity contribution in [2.45, 2.75) is 51.1 Å². The summed E-state index contributed by atoms with van der Waals surface area (Å²) in [4.78, 5) is 2.88. The van der Waals surface area contributed by atoms with Crippen LogP contribution in [0.25, 0.3) is 0 Å². The van der Waals surface area contributed by atoms with E-state index < -0.39 is 0 Å². The zero-order chi connectivity index (χ0) is 10.3. The summed E-state index contributed by atoms with van der Waals surface area (Å²) < 4.78 is 0. The minimum Gasteiger partial charge on any atom is -0.316 e. The van der Waals surface area contributed by atoms with Crippen LogP contribution in [0.15, 0.2) is 0 Å². The molecule has 2 heteroatoms. The van der Waals surface area contributed by atoms with Crippen molar-refractivity contribution in [2.24, 2.45) is 11.8 Å². The van der Waals surface area contributed by atoms with E-state index in [-0.39, 0.29) is 0 Å². The highest BCUT2D eigenvalue weighted by atomic mass is 15.2. The Hall–Kier alpha value is -0.0800. The van der Waals surface area contributed by atoms with Gasteiger partial charge in [0.2, 0.25) is 0 Å². The highest BCUT2D eigenvalue weighted by Gasteiger charge is 2.42. The number of nitrogens with zero attached hydrogens (tertiary/aromatic N) is 1. The third kappa shape index (κ3) is 1.94. The topological polar surface area (TPSA) is 15.3 Å². The molecule has 15 heavy (non-hydrogen) atoms. The van der Waals surface area contributed by atoms with Gasteiger partial charge in [0, 0.05) is 12.1 Å². The first-order valence-electron chi connectivity index (χ1n) is 6.82. The Bertz CT molecular complexity index is 225. The maximum absolute atomic E-state index is 3.52. The van der Waals surface area contributed by atoms with Gasteiger partial charge in [-0.2, -0.15) is 0 Å². The molecule has 0 bridgehead atoms. The summed E-state index contributed by atoms with van der Waals surface area (Å²) in [5, 5.41) is 3.52. The molecule has 2 unspecified atom stereocenters. The van der Waals surface area contributed by atoms with E-state index in [1.807, 2.05) is 0 Å². The monoisotopic (exact) mass is 208 g/mol. The van der Waals surface area contributed by atoms with Crippen LogP contribution in [0, 0.1) is 11.8 Å². The van der Waals surface area contributed by atoms with E-state index >= 15 is 0 Å². The Morgan fingerprint density at radius 1 is 1.07 bits per heavy atom. The van der Waals surface area contributed by atoms with Gasteiger partial charge in [-0.25, -0.2) is 0 Å². The van der Waals surface area contributed by atoms with Crippen molar-refractivity contribution in [3.63, 3.8) is 0 Å². The van der Waals surface area contributed by atoms with Gasteiger partial charge >= 0.3 is 0 Å². The van der Waals surface area contributed by atoms with Gasteiger partial charge in [0.15, 0.2) is 0 Å². The molecule has 0 amide bonds. The first kappa shape index (κ1) is 10.1. The van der Waals surface area contributed by atoms with Crippen molar-refractivity contribution in [3.8, 4) is 0 Å².